The van der Waals surface area contributed by atoms with Crippen molar-refractivity contribution in [2.45, 2.75) is 39.0 Å². The number of aromatic hydroxyl groups is 1. The molecule has 0 aliphatic heterocycles. The number of unbranched alkanes of at least 4 members (excludes halogenated alkanes) is 3. The van der Waals surface area contributed by atoms with Gasteiger partial charge in [0.25, 0.3) is 0 Å². The van der Waals surface area contributed by atoms with Crippen LogP contribution in [0.4, 0.5) is 0 Å². The maximum absolute atomic E-state index is 10.8. The van der Waals surface area contributed by atoms with E-state index < -0.39 is 5.97 Å². The Labute approximate surface area is 95.7 Å². The third kappa shape index (κ3) is 3.57. The summed E-state index contributed by atoms with van der Waals surface area (Å²) < 4.78 is 0. The second-order valence-electron chi connectivity index (χ2n) is 3.97. The summed E-state index contributed by atoms with van der Waals surface area (Å²) in [6.45, 7) is 2.16. The normalized spacial score (nSPS) is 10.3. The summed E-state index contributed by atoms with van der Waals surface area (Å²) in [7, 11) is 0. The molecule has 0 atom stereocenters. The van der Waals surface area contributed by atoms with E-state index in [0.717, 1.165) is 18.4 Å². The third-order valence-electron chi connectivity index (χ3n) is 2.61. The number of carbonyl (C=O) groups is 1. The van der Waals surface area contributed by atoms with Gasteiger partial charge in [-0.3, -0.25) is 0 Å². The number of phenols is 1. The van der Waals surface area contributed by atoms with Crippen molar-refractivity contribution >= 4 is 5.97 Å². The summed E-state index contributed by atoms with van der Waals surface area (Å²) >= 11 is 0. The summed E-state index contributed by atoms with van der Waals surface area (Å²) in [5, 5.41) is 18.2. The van der Waals surface area contributed by atoms with Crippen LogP contribution in [0.1, 0.15) is 48.5 Å². The summed E-state index contributed by atoms with van der Waals surface area (Å²) in [5.41, 5.74) is 0.972. The maximum atomic E-state index is 10.8. The van der Waals surface area contributed by atoms with Crippen LogP contribution in [0, 0.1) is 0 Å². The van der Waals surface area contributed by atoms with E-state index in [1.807, 2.05) is 0 Å². The molecule has 0 saturated carbocycles. The van der Waals surface area contributed by atoms with Crippen LogP contribution in [-0.2, 0) is 6.42 Å². The lowest BCUT2D eigenvalue weighted by Gasteiger charge is -2.04. The number of hydrogen-bond acceptors (Lipinski definition) is 2. The van der Waals surface area contributed by atoms with E-state index in [2.05, 4.69) is 6.92 Å². The monoisotopic (exact) mass is 222 g/mol. The van der Waals surface area contributed by atoms with Crippen molar-refractivity contribution < 1.29 is 15.0 Å². The minimum Gasteiger partial charge on any atom is -0.507 e. The van der Waals surface area contributed by atoms with Crippen LogP contribution in [0.3, 0.4) is 0 Å². The van der Waals surface area contributed by atoms with Gasteiger partial charge >= 0.3 is 5.97 Å². The first kappa shape index (κ1) is 12.6. The largest absolute Gasteiger partial charge is 0.507 e. The highest BCUT2D eigenvalue weighted by molar-refractivity contribution is 5.90. The highest BCUT2D eigenvalue weighted by Crippen LogP contribution is 2.19. The molecule has 3 nitrogen and oxygen atoms in total. The van der Waals surface area contributed by atoms with E-state index >= 15 is 0 Å². The SMILES string of the molecule is CCCCCCc1ccc(O)c(C(=O)O)c1. The molecular weight excluding hydrogens is 204 g/mol. The molecular formula is C13H18O3. The topological polar surface area (TPSA) is 57.5 Å². The Kier molecular flexibility index (Phi) is 4.83. The van der Waals surface area contributed by atoms with Crippen LogP contribution in [0.25, 0.3) is 0 Å². The van der Waals surface area contributed by atoms with Gasteiger partial charge in [0.05, 0.1) is 0 Å². The van der Waals surface area contributed by atoms with Gasteiger partial charge in [0, 0.05) is 0 Å². The fraction of sp³-hybridized carbons (Fsp3) is 0.462. The van der Waals surface area contributed by atoms with Crippen molar-refractivity contribution in [3.05, 3.63) is 29.3 Å². The highest BCUT2D eigenvalue weighted by atomic mass is 16.4. The van der Waals surface area contributed by atoms with Crippen LogP contribution in [-0.4, -0.2) is 16.2 Å². The molecule has 0 radical (unpaired) electrons. The Morgan fingerprint density at radius 2 is 2.00 bits per heavy atom. The molecule has 0 amide bonds. The number of rotatable bonds is 6. The minimum atomic E-state index is -1.08. The van der Waals surface area contributed by atoms with Crippen molar-refractivity contribution in [2.75, 3.05) is 0 Å². The van der Waals surface area contributed by atoms with Gasteiger partial charge in [-0.25, -0.2) is 4.79 Å². The second kappa shape index (κ2) is 6.16. The summed E-state index contributed by atoms with van der Waals surface area (Å²) in [6.07, 6.45) is 5.51. The molecule has 0 saturated heterocycles. The summed E-state index contributed by atoms with van der Waals surface area (Å²) in [6, 6.07) is 4.80. The number of aromatic carboxylic acids is 1. The van der Waals surface area contributed by atoms with E-state index in [0.29, 0.717) is 0 Å². The van der Waals surface area contributed by atoms with Gasteiger partial charge in [-0.15, -0.1) is 0 Å². The van der Waals surface area contributed by atoms with Crippen LogP contribution in [0.15, 0.2) is 18.2 Å². The molecule has 3 heteroatoms. The predicted octanol–water partition coefficient (Wildman–Crippen LogP) is 3.21. The van der Waals surface area contributed by atoms with Crippen molar-refractivity contribution in [3.8, 4) is 5.75 Å². The van der Waals surface area contributed by atoms with Crippen LogP contribution < -0.4 is 0 Å². The fourth-order valence-electron chi connectivity index (χ4n) is 1.67. The Bertz CT molecular complexity index is 358. The Morgan fingerprint density at radius 1 is 1.25 bits per heavy atom. The number of aryl methyl sites for hydroxylation is 1. The standard InChI is InChI=1S/C13H18O3/c1-2-3-4-5-6-10-7-8-12(14)11(9-10)13(15)16/h7-9,14H,2-6H2,1H3,(H,15,16). The van der Waals surface area contributed by atoms with Gasteiger partial charge < -0.3 is 10.2 Å². The molecule has 0 bridgehead atoms. The molecule has 0 unspecified atom stereocenters. The van der Waals surface area contributed by atoms with E-state index in [-0.39, 0.29) is 11.3 Å². The third-order valence-corrected chi connectivity index (χ3v) is 2.61. The molecule has 0 spiro atoms. The zero-order valence-corrected chi connectivity index (χ0v) is 9.57. The van der Waals surface area contributed by atoms with Crippen LogP contribution in [0.5, 0.6) is 5.75 Å². The van der Waals surface area contributed by atoms with Crippen LogP contribution >= 0.6 is 0 Å². The molecule has 1 aromatic rings. The molecule has 0 aromatic heterocycles. The first-order chi connectivity index (χ1) is 7.65. The molecule has 2 N–H and O–H groups in total. The van der Waals surface area contributed by atoms with Gasteiger partial charge in [0.2, 0.25) is 0 Å². The highest BCUT2D eigenvalue weighted by Gasteiger charge is 2.09. The molecule has 0 fully saturated rings. The summed E-state index contributed by atoms with van der Waals surface area (Å²) in [5.74, 6) is -1.24. The van der Waals surface area contributed by atoms with Crippen molar-refractivity contribution in [2.24, 2.45) is 0 Å². The van der Waals surface area contributed by atoms with Crippen molar-refractivity contribution in [3.63, 3.8) is 0 Å². The van der Waals surface area contributed by atoms with E-state index in [9.17, 15) is 9.90 Å². The second-order valence-corrected chi connectivity index (χ2v) is 3.97. The Hall–Kier alpha value is -1.51. The number of carboxylic acid groups (broad SMARTS) is 1. The lowest BCUT2D eigenvalue weighted by Crippen LogP contribution is -1.98. The quantitative estimate of drug-likeness (QED) is 0.726. The van der Waals surface area contributed by atoms with Gasteiger partial charge in [0.15, 0.2) is 0 Å². The van der Waals surface area contributed by atoms with Gasteiger partial charge in [-0.05, 0) is 30.5 Å². The van der Waals surface area contributed by atoms with Crippen molar-refractivity contribution in [1.82, 2.24) is 0 Å². The number of benzene rings is 1. The first-order valence-electron chi connectivity index (χ1n) is 5.70. The van der Waals surface area contributed by atoms with Crippen LogP contribution in [0.2, 0.25) is 0 Å². The van der Waals surface area contributed by atoms with Gasteiger partial charge in [0.1, 0.15) is 11.3 Å². The average molecular weight is 222 g/mol. The lowest BCUT2D eigenvalue weighted by molar-refractivity contribution is 0.0693. The average Bonchev–Trinajstić information content (AvgIpc) is 2.26. The predicted molar refractivity (Wildman–Crippen MR) is 62.9 cm³/mol. The summed E-state index contributed by atoms with van der Waals surface area (Å²) in [4.78, 5) is 10.8. The smallest absolute Gasteiger partial charge is 0.339 e. The molecule has 0 aliphatic carbocycles. The first-order valence-corrected chi connectivity index (χ1v) is 5.70. The zero-order valence-electron chi connectivity index (χ0n) is 9.57. The number of hydrogen-bond donors (Lipinski definition) is 2. The van der Waals surface area contributed by atoms with E-state index in [1.54, 1.807) is 12.1 Å². The Balaban J connectivity index is 2.61. The minimum absolute atomic E-state index is 0.00649. The van der Waals surface area contributed by atoms with Gasteiger partial charge in [-0.1, -0.05) is 32.3 Å². The molecule has 88 valence electrons. The Morgan fingerprint density at radius 3 is 2.62 bits per heavy atom. The molecule has 0 aliphatic rings. The maximum Gasteiger partial charge on any atom is 0.339 e. The van der Waals surface area contributed by atoms with E-state index in [1.165, 1.54) is 25.3 Å². The number of carboxylic acids is 1. The molecule has 1 rings (SSSR count). The fourth-order valence-corrected chi connectivity index (χ4v) is 1.67. The lowest BCUT2D eigenvalue weighted by atomic mass is 10.0. The van der Waals surface area contributed by atoms with E-state index in [4.69, 9.17) is 5.11 Å². The zero-order chi connectivity index (χ0) is 12.0. The molecule has 16 heavy (non-hydrogen) atoms. The molecule has 0 heterocycles. The van der Waals surface area contributed by atoms with Crippen molar-refractivity contribution in [1.29, 1.82) is 0 Å². The molecule has 1 aromatic carbocycles. The van der Waals surface area contributed by atoms with Gasteiger partial charge in [-0.2, -0.15) is 0 Å².